The zero-order valence-electron chi connectivity index (χ0n) is 28.2. The first-order valence-corrected chi connectivity index (χ1v) is 17.5. The first kappa shape index (κ1) is 30.4. The summed E-state index contributed by atoms with van der Waals surface area (Å²) in [5, 5.41) is 5.09. The first-order valence-electron chi connectivity index (χ1n) is 17.5. The van der Waals surface area contributed by atoms with Gasteiger partial charge in [-0.15, -0.1) is 0 Å². The molecule has 0 saturated heterocycles. The zero-order valence-corrected chi connectivity index (χ0v) is 28.2. The molecule has 0 unspecified atom stereocenters. The summed E-state index contributed by atoms with van der Waals surface area (Å²) in [6, 6.07) is 76.6. The second-order valence-electron chi connectivity index (χ2n) is 13.0. The van der Waals surface area contributed by atoms with E-state index in [-0.39, 0.29) is 0 Å². The Balaban J connectivity index is 1.13. The Morgan fingerprint density at radius 2 is 0.686 bits per heavy atom. The Bertz CT molecular complexity index is 2600. The van der Waals surface area contributed by atoms with Gasteiger partial charge in [0, 0.05) is 17.1 Å². The van der Waals surface area contributed by atoms with Crippen molar-refractivity contribution < 1.29 is 0 Å². The van der Waals surface area contributed by atoms with Gasteiger partial charge >= 0.3 is 0 Å². The minimum absolute atomic E-state index is 1.10. The molecule has 0 heterocycles. The van der Waals surface area contributed by atoms with Crippen LogP contribution in [0.4, 0.5) is 17.1 Å². The zero-order chi connectivity index (χ0) is 34.0. The van der Waals surface area contributed by atoms with Gasteiger partial charge in [0.15, 0.2) is 0 Å². The van der Waals surface area contributed by atoms with E-state index in [0.717, 1.165) is 17.1 Å². The van der Waals surface area contributed by atoms with Crippen molar-refractivity contribution in [3.63, 3.8) is 0 Å². The molecule has 0 radical (unpaired) electrons. The average molecular weight is 650 g/mol. The van der Waals surface area contributed by atoms with Crippen LogP contribution in [-0.2, 0) is 0 Å². The molecule has 0 saturated carbocycles. The molecule has 1 nitrogen and oxygen atoms in total. The van der Waals surface area contributed by atoms with Crippen molar-refractivity contribution >= 4 is 38.6 Å². The highest BCUT2D eigenvalue weighted by atomic mass is 15.1. The second-order valence-corrected chi connectivity index (χ2v) is 13.0. The molecule has 9 aromatic carbocycles. The van der Waals surface area contributed by atoms with Gasteiger partial charge in [-0.2, -0.15) is 0 Å². The average Bonchev–Trinajstić information content (AvgIpc) is 3.22. The molecule has 0 amide bonds. The van der Waals surface area contributed by atoms with Crippen LogP contribution in [0.1, 0.15) is 0 Å². The van der Waals surface area contributed by atoms with E-state index in [9.17, 15) is 0 Å². The normalized spacial score (nSPS) is 11.1. The van der Waals surface area contributed by atoms with Gasteiger partial charge in [-0.25, -0.2) is 0 Å². The third kappa shape index (κ3) is 5.96. The predicted octanol–water partition coefficient (Wildman–Crippen LogP) is 14.1. The van der Waals surface area contributed by atoms with E-state index in [1.165, 1.54) is 66.1 Å². The van der Waals surface area contributed by atoms with E-state index in [1.54, 1.807) is 0 Å². The number of nitrogens with zero attached hydrogens (tertiary/aromatic N) is 1. The molecule has 0 spiro atoms. The van der Waals surface area contributed by atoms with Crippen molar-refractivity contribution in [2.24, 2.45) is 0 Å². The van der Waals surface area contributed by atoms with Crippen LogP contribution in [0.2, 0.25) is 0 Å². The molecule has 0 N–H and O–H groups in total. The molecule has 0 aliphatic carbocycles. The lowest BCUT2D eigenvalue weighted by atomic mass is 9.93. The van der Waals surface area contributed by atoms with E-state index in [4.69, 9.17) is 0 Å². The lowest BCUT2D eigenvalue weighted by Crippen LogP contribution is -2.10. The summed E-state index contributed by atoms with van der Waals surface area (Å²) in [5.74, 6) is 0. The van der Waals surface area contributed by atoms with Crippen LogP contribution < -0.4 is 4.90 Å². The van der Waals surface area contributed by atoms with Gasteiger partial charge in [-0.3, -0.25) is 0 Å². The van der Waals surface area contributed by atoms with Gasteiger partial charge in [-0.1, -0.05) is 164 Å². The fraction of sp³-hybridized carbons (Fsp3) is 0. The molecule has 0 aliphatic heterocycles. The van der Waals surface area contributed by atoms with Crippen LogP contribution in [0, 0.1) is 0 Å². The number of benzene rings is 9. The lowest BCUT2D eigenvalue weighted by Gasteiger charge is -2.26. The standard InChI is InChI=1S/C50H35N/c1-3-13-36(14-4-1)40-18-11-19-41(33-40)38-25-29-44(30-26-38)51(46-21-12-20-42(34-46)37-15-5-2-6-16-37)45-31-27-39(28-32-45)50-35-43-17-7-8-22-47(43)48-23-9-10-24-49(48)50/h1-35H. The molecule has 51 heavy (non-hydrogen) atoms. The van der Waals surface area contributed by atoms with E-state index in [2.05, 4.69) is 217 Å². The van der Waals surface area contributed by atoms with Crippen molar-refractivity contribution in [3.8, 4) is 44.5 Å². The molecular weight excluding hydrogens is 615 g/mol. The molecule has 0 fully saturated rings. The predicted molar refractivity (Wildman–Crippen MR) is 218 cm³/mol. The number of anilines is 3. The minimum atomic E-state index is 1.10. The van der Waals surface area contributed by atoms with Crippen LogP contribution >= 0.6 is 0 Å². The number of hydrogen-bond donors (Lipinski definition) is 0. The SMILES string of the molecule is c1ccc(-c2cccc(-c3ccc(N(c4ccc(-c5cc6ccccc6c6ccccc56)cc4)c4cccc(-c5ccccc5)c4)cc3)c2)cc1. The number of fused-ring (bicyclic) bond motifs is 3. The summed E-state index contributed by atoms with van der Waals surface area (Å²) >= 11 is 0. The fourth-order valence-corrected chi connectivity index (χ4v) is 7.30. The van der Waals surface area contributed by atoms with Crippen molar-refractivity contribution in [3.05, 3.63) is 212 Å². The summed E-state index contributed by atoms with van der Waals surface area (Å²) in [5.41, 5.74) is 13.0. The summed E-state index contributed by atoms with van der Waals surface area (Å²) in [7, 11) is 0. The molecule has 0 bridgehead atoms. The van der Waals surface area contributed by atoms with Gasteiger partial charge < -0.3 is 4.90 Å². The molecule has 9 rings (SSSR count). The van der Waals surface area contributed by atoms with Crippen LogP contribution in [0.3, 0.4) is 0 Å². The lowest BCUT2D eigenvalue weighted by molar-refractivity contribution is 1.28. The van der Waals surface area contributed by atoms with E-state index < -0.39 is 0 Å². The fourth-order valence-electron chi connectivity index (χ4n) is 7.30. The Hall–Kier alpha value is -6.70. The smallest absolute Gasteiger partial charge is 0.0467 e. The van der Waals surface area contributed by atoms with Crippen LogP contribution in [0.15, 0.2) is 212 Å². The summed E-state index contributed by atoms with van der Waals surface area (Å²) < 4.78 is 0. The van der Waals surface area contributed by atoms with Crippen molar-refractivity contribution in [2.75, 3.05) is 4.90 Å². The monoisotopic (exact) mass is 649 g/mol. The molecular formula is C50H35N. The van der Waals surface area contributed by atoms with E-state index >= 15 is 0 Å². The van der Waals surface area contributed by atoms with Crippen LogP contribution in [-0.4, -0.2) is 0 Å². The van der Waals surface area contributed by atoms with Gasteiger partial charge in [-0.05, 0) is 115 Å². The summed E-state index contributed by atoms with van der Waals surface area (Å²) in [6.45, 7) is 0. The first-order chi connectivity index (χ1) is 25.3. The van der Waals surface area contributed by atoms with E-state index in [1.807, 2.05) is 0 Å². The maximum Gasteiger partial charge on any atom is 0.0467 e. The minimum Gasteiger partial charge on any atom is -0.310 e. The van der Waals surface area contributed by atoms with Gasteiger partial charge in [0.25, 0.3) is 0 Å². The Morgan fingerprint density at radius 3 is 1.31 bits per heavy atom. The molecule has 9 aromatic rings. The summed E-state index contributed by atoms with van der Waals surface area (Å²) in [6.07, 6.45) is 0. The number of hydrogen-bond acceptors (Lipinski definition) is 1. The van der Waals surface area contributed by atoms with Crippen LogP contribution in [0.5, 0.6) is 0 Å². The van der Waals surface area contributed by atoms with E-state index in [0.29, 0.717) is 0 Å². The van der Waals surface area contributed by atoms with Crippen LogP contribution in [0.25, 0.3) is 66.1 Å². The topological polar surface area (TPSA) is 3.24 Å². The van der Waals surface area contributed by atoms with Gasteiger partial charge in [0.1, 0.15) is 0 Å². The maximum absolute atomic E-state index is 2.36. The molecule has 1 heteroatoms. The third-order valence-corrected chi connectivity index (χ3v) is 9.84. The molecule has 0 aliphatic rings. The molecule has 0 aromatic heterocycles. The van der Waals surface area contributed by atoms with Crippen molar-refractivity contribution in [1.82, 2.24) is 0 Å². The largest absolute Gasteiger partial charge is 0.310 e. The van der Waals surface area contributed by atoms with Crippen molar-refractivity contribution in [2.45, 2.75) is 0 Å². The second kappa shape index (κ2) is 13.3. The Morgan fingerprint density at radius 1 is 0.235 bits per heavy atom. The molecule has 240 valence electrons. The maximum atomic E-state index is 2.36. The summed E-state index contributed by atoms with van der Waals surface area (Å²) in [4.78, 5) is 2.36. The third-order valence-electron chi connectivity index (χ3n) is 9.84. The van der Waals surface area contributed by atoms with Gasteiger partial charge in [0.2, 0.25) is 0 Å². The number of rotatable bonds is 7. The van der Waals surface area contributed by atoms with Crippen molar-refractivity contribution in [1.29, 1.82) is 0 Å². The Labute approximate surface area is 299 Å². The molecule has 0 atom stereocenters. The quantitative estimate of drug-likeness (QED) is 0.155. The highest BCUT2D eigenvalue weighted by Crippen LogP contribution is 2.40. The Kier molecular flexibility index (Phi) is 7.92. The van der Waals surface area contributed by atoms with Gasteiger partial charge in [0.05, 0.1) is 0 Å². The highest BCUT2D eigenvalue weighted by molar-refractivity contribution is 6.13. The highest BCUT2D eigenvalue weighted by Gasteiger charge is 2.15.